The minimum absolute atomic E-state index is 0.636. The molecule has 0 saturated heterocycles. The molecule has 3 nitrogen and oxygen atoms in total. The quantitative estimate of drug-likeness (QED) is 0.753. The molecule has 1 aromatic carbocycles. The van der Waals surface area contributed by atoms with E-state index in [0.29, 0.717) is 11.1 Å². The summed E-state index contributed by atoms with van der Waals surface area (Å²) >= 11 is 3.22. The van der Waals surface area contributed by atoms with Gasteiger partial charge in [-0.05, 0) is 11.8 Å². The van der Waals surface area contributed by atoms with Crippen molar-refractivity contribution < 1.29 is 4.42 Å². The van der Waals surface area contributed by atoms with Crippen molar-refractivity contribution in [3.63, 3.8) is 0 Å². The number of hydrogen-bond donors (Lipinski definition) is 0. The highest BCUT2D eigenvalue weighted by atomic mass is 32.2. The maximum absolute atomic E-state index is 5.46. The predicted molar refractivity (Wildman–Crippen MR) is 77.7 cm³/mol. The van der Waals surface area contributed by atoms with E-state index < -0.39 is 0 Å². The van der Waals surface area contributed by atoms with Gasteiger partial charge in [-0.15, -0.1) is 10.2 Å². The van der Waals surface area contributed by atoms with Crippen LogP contribution in [0.25, 0.3) is 6.08 Å². The lowest BCUT2D eigenvalue weighted by Gasteiger charge is -1.91. The summed E-state index contributed by atoms with van der Waals surface area (Å²) in [6.45, 7) is 0. The molecule has 0 radical (unpaired) electrons. The maximum atomic E-state index is 5.46. The molecule has 2 aromatic rings. The first-order chi connectivity index (χ1) is 8.88. The predicted octanol–water partition coefficient (Wildman–Crippen LogP) is 3.74. The van der Waals surface area contributed by atoms with E-state index in [1.54, 1.807) is 23.5 Å². The fourth-order valence-corrected chi connectivity index (χ4v) is 2.30. The normalized spacial score (nSPS) is 11.2. The van der Waals surface area contributed by atoms with Crippen LogP contribution in [0.5, 0.6) is 0 Å². The van der Waals surface area contributed by atoms with Crippen molar-refractivity contribution >= 4 is 29.6 Å². The summed E-state index contributed by atoms with van der Waals surface area (Å²) < 4.78 is 5.46. The zero-order chi connectivity index (χ0) is 12.6. The smallest absolute Gasteiger partial charge is 0.276 e. The van der Waals surface area contributed by atoms with Gasteiger partial charge in [0, 0.05) is 5.75 Å². The SMILES string of the molecule is CSCc1nnc(SC/C=C/c2ccccc2)o1. The second kappa shape index (κ2) is 7.28. The number of aromatic nitrogens is 2. The Hall–Kier alpha value is -1.20. The van der Waals surface area contributed by atoms with Crippen molar-refractivity contribution in [3.05, 3.63) is 47.9 Å². The van der Waals surface area contributed by atoms with E-state index in [4.69, 9.17) is 4.42 Å². The first-order valence-corrected chi connectivity index (χ1v) is 7.92. The number of hydrogen-bond acceptors (Lipinski definition) is 5. The zero-order valence-corrected chi connectivity index (χ0v) is 11.7. The third kappa shape index (κ3) is 4.23. The second-order valence-corrected chi connectivity index (χ2v) is 5.36. The topological polar surface area (TPSA) is 38.9 Å². The lowest BCUT2D eigenvalue weighted by Crippen LogP contribution is -1.77. The van der Waals surface area contributed by atoms with Crippen LogP contribution in [0, 0.1) is 0 Å². The Morgan fingerprint density at radius 3 is 2.83 bits per heavy atom. The molecule has 2 rings (SSSR count). The van der Waals surface area contributed by atoms with Gasteiger partial charge in [-0.2, -0.15) is 11.8 Å². The highest BCUT2D eigenvalue weighted by Gasteiger charge is 2.04. The van der Waals surface area contributed by atoms with Gasteiger partial charge in [0.25, 0.3) is 5.22 Å². The molecule has 0 spiro atoms. The molecule has 94 valence electrons. The highest BCUT2D eigenvalue weighted by molar-refractivity contribution is 7.99. The molecule has 0 saturated carbocycles. The van der Waals surface area contributed by atoms with Crippen molar-refractivity contribution in [2.75, 3.05) is 12.0 Å². The Labute approximate surface area is 115 Å². The lowest BCUT2D eigenvalue weighted by molar-refractivity contribution is 0.427. The van der Waals surface area contributed by atoms with Gasteiger partial charge in [0.15, 0.2) is 0 Å². The number of nitrogens with zero attached hydrogens (tertiary/aromatic N) is 2. The van der Waals surface area contributed by atoms with Crippen LogP contribution in [-0.2, 0) is 5.75 Å². The minimum Gasteiger partial charge on any atom is -0.415 e. The van der Waals surface area contributed by atoms with Crippen LogP contribution in [0.2, 0.25) is 0 Å². The number of benzene rings is 1. The molecular weight excluding hydrogens is 264 g/mol. The Balaban J connectivity index is 1.79. The summed E-state index contributed by atoms with van der Waals surface area (Å²) in [5, 5.41) is 8.57. The summed E-state index contributed by atoms with van der Waals surface area (Å²) in [6, 6.07) is 10.2. The molecule has 0 bridgehead atoms. The van der Waals surface area contributed by atoms with Crippen LogP contribution in [0.15, 0.2) is 46.0 Å². The third-order valence-electron chi connectivity index (χ3n) is 2.13. The van der Waals surface area contributed by atoms with Gasteiger partial charge >= 0.3 is 0 Å². The fraction of sp³-hybridized carbons (Fsp3) is 0.231. The molecule has 0 amide bonds. The molecule has 18 heavy (non-hydrogen) atoms. The van der Waals surface area contributed by atoms with Crippen LogP contribution in [-0.4, -0.2) is 22.2 Å². The van der Waals surface area contributed by atoms with Gasteiger partial charge in [0.2, 0.25) is 5.89 Å². The Morgan fingerprint density at radius 2 is 2.06 bits per heavy atom. The van der Waals surface area contributed by atoms with Crippen molar-refractivity contribution in [2.24, 2.45) is 0 Å². The molecule has 0 aliphatic rings. The van der Waals surface area contributed by atoms with Crippen LogP contribution in [0.4, 0.5) is 0 Å². The summed E-state index contributed by atoms with van der Waals surface area (Å²) in [4.78, 5) is 0. The molecule has 0 unspecified atom stereocenters. The van der Waals surface area contributed by atoms with Crippen LogP contribution in [0.1, 0.15) is 11.5 Å². The largest absolute Gasteiger partial charge is 0.415 e. The third-order valence-corrected chi connectivity index (χ3v) is 3.44. The van der Waals surface area contributed by atoms with Gasteiger partial charge in [0.05, 0.1) is 5.75 Å². The average Bonchev–Trinajstić information content (AvgIpc) is 2.84. The molecule has 0 N–H and O–H groups in total. The molecule has 0 fully saturated rings. The first-order valence-electron chi connectivity index (χ1n) is 5.54. The standard InChI is InChI=1S/C13H14N2OS2/c1-17-10-12-14-15-13(16-12)18-9-5-8-11-6-3-2-4-7-11/h2-8H,9-10H2,1H3/b8-5+. The van der Waals surface area contributed by atoms with Crippen molar-refractivity contribution in [1.29, 1.82) is 0 Å². The maximum Gasteiger partial charge on any atom is 0.276 e. The van der Waals surface area contributed by atoms with Crippen molar-refractivity contribution in [3.8, 4) is 0 Å². The summed E-state index contributed by atoms with van der Waals surface area (Å²) in [5.74, 6) is 2.29. The molecule has 1 aromatic heterocycles. The minimum atomic E-state index is 0.636. The van der Waals surface area contributed by atoms with E-state index in [9.17, 15) is 0 Å². The molecular formula is C13H14N2OS2. The van der Waals surface area contributed by atoms with Crippen molar-refractivity contribution in [2.45, 2.75) is 11.0 Å². The summed E-state index contributed by atoms with van der Waals surface area (Å²) in [6.07, 6.45) is 6.20. The van der Waals surface area contributed by atoms with E-state index in [1.165, 1.54) is 5.56 Å². The molecule has 0 aliphatic carbocycles. The fourth-order valence-electron chi connectivity index (χ4n) is 1.35. The Kier molecular flexibility index (Phi) is 5.36. The van der Waals surface area contributed by atoms with E-state index in [-0.39, 0.29) is 0 Å². The Bertz CT molecular complexity index is 497. The van der Waals surface area contributed by atoms with Gasteiger partial charge in [-0.1, -0.05) is 54.2 Å². The monoisotopic (exact) mass is 278 g/mol. The average molecular weight is 278 g/mol. The van der Waals surface area contributed by atoms with Crippen LogP contribution >= 0.6 is 23.5 Å². The first kappa shape index (κ1) is 13.2. The molecule has 5 heteroatoms. The van der Waals surface area contributed by atoms with Crippen LogP contribution < -0.4 is 0 Å². The zero-order valence-electron chi connectivity index (χ0n) is 10.1. The molecule has 1 heterocycles. The van der Waals surface area contributed by atoms with Gasteiger partial charge in [-0.3, -0.25) is 0 Å². The lowest BCUT2D eigenvalue weighted by atomic mass is 10.2. The summed E-state index contributed by atoms with van der Waals surface area (Å²) in [5.41, 5.74) is 1.20. The number of rotatable bonds is 6. The van der Waals surface area contributed by atoms with E-state index >= 15 is 0 Å². The van der Waals surface area contributed by atoms with Crippen LogP contribution in [0.3, 0.4) is 0 Å². The van der Waals surface area contributed by atoms with E-state index in [2.05, 4.69) is 34.5 Å². The molecule has 0 atom stereocenters. The van der Waals surface area contributed by atoms with Gasteiger partial charge in [-0.25, -0.2) is 0 Å². The highest BCUT2D eigenvalue weighted by Crippen LogP contribution is 2.18. The second-order valence-electron chi connectivity index (χ2n) is 3.52. The van der Waals surface area contributed by atoms with Crippen molar-refractivity contribution in [1.82, 2.24) is 10.2 Å². The summed E-state index contributed by atoms with van der Waals surface area (Å²) in [7, 11) is 0. The van der Waals surface area contributed by atoms with Gasteiger partial charge in [0.1, 0.15) is 0 Å². The van der Waals surface area contributed by atoms with E-state index in [0.717, 1.165) is 11.5 Å². The van der Waals surface area contributed by atoms with E-state index in [1.807, 2.05) is 24.5 Å². The number of thioether (sulfide) groups is 2. The Morgan fingerprint density at radius 1 is 1.22 bits per heavy atom. The molecule has 0 aliphatic heterocycles. The van der Waals surface area contributed by atoms with Gasteiger partial charge < -0.3 is 4.42 Å².